The van der Waals surface area contributed by atoms with Crippen molar-refractivity contribution >= 4 is 12.6 Å². The predicted molar refractivity (Wildman–Crippen MR) is 91.6 cm³/mol. The molecule has 1 aliphatic rings. The maximum atomic E-state index is 6.12. The van der Waals surface area contributed by atoms with E-state index in [1.54, 1.807) is 0 Å². The summed E-state index contributed by atoms with van der Waals surface area (Å²) >= 11 is 0. The smallest absolute Gasteiger partial charge is 0.399 e. The lowest BCUT2D eigenvalue weighted by molar-refractivity contribution is 0.00578. The fourth-order valence-corrected chi connectivity index (χ4v) is 2.89. The molecule has 0 bridgehead atoms. The fourth-order valence-electron chi connectivity index (χ4n) is 2.89. The number of hydrogen-bond donors (Lipinski definition) is 0. The van der Waals surface area contributed by atoms with E-state index in [9.17, 15) is 0 Å². The van der Waals surface area contributed by atoms with Gasteiger partial charge in [0.2, 0.25) is 0 Å². The Bertz CT molecular complexity index is 736. The Morgan fingerprint density at radius 2 is 1.65 bits per heavy atom. The summed E-state index contributed by atoms with van der Waals surface area (Å²) < 4.78 is 14.1. The van der Waals surface area contributed by atoms with Gasteiger partial charge in [-0.25, -0.2) is 0 Å². The van der Waals surface area contributed by atoms with E-state index in [-0.39, 0.29) is 11.2 Å². The van der Waals surface area contributed by atoms with E-state index in [4.69, 9.17) is 9.31 Å². The highest BCUT2D eigenvalue weighted by atomic mass is 16.7. The molecule has 0 unspecified atom stereocenters. The first kappa shape index (κ1) is 16.2. The molecule has 0 saturated carbocycles. The van der Waals surface area contributed by atoms with Crippen LogP contribution in [0.15, 0.2) is 18.5 Å². The van der Waals surface area contributed by atoms with Gasteiger partial charge in [0.05, 0.1) is 16.9 Å². The van der Waals surface area contributed by atoms with Gasteiger partial charge in [0.25, 0.3) is 0 Å². The fraction of sp³-hybridized carbons (Fsp3) is 0.529. The Balaban J connectivity index is 1.99. The van der Waals surface area contributed by atoms with Gasteiger partial charge in [-0.05, 0) is 41.5 Å². The summed E-state index contributed by atoms with van der Waals surface area (Å²) in [6.07, 6.45) is 3.68. The van der Waals surface area contributed by atoms with Crippen LogP contribution in [0.3, 0.4) is 0 Å². The summed E-state index contributed by atoms with van der Waals surface area (Å²) in [5.74, 6) is 0. The SMILES string of the molecule is Cc1nn(C)c(C)c1-c1cncc(B2OC(C)(C)C(C)(C)O2)c1. The van der Waals surface area contributed by atoms with E-state index in [2.05, 4.69) is 50.8 Å². The van der Waals surface area contributed by atoms with E-state index >= 15 is 0 Å². The predicted octanol–water partition coefficient (Wildman–Crippen LogP) is 2.40. The maximum Gasteiger partial charge on any atom is 0.496 e. The van der Waals surface area contributed by atoms with Gasteiger partial charge in [-0.1, -0.05) is 6.07 Å². The van der Waals surface area contributed by atoms with Crippen LogP contribution in [0.5, 0.6) is 0 Å². The molecule has 0 atom stereocenters. The first-order valence-electron chi connectivity index (χ1n) is 7.93. The minimum absolute atomic E-state index is 0.353. The van der Waals surface area contributed by atoms with Crippen molar-refractivity contribution in [2.75, 3.05) is 0 Å². The van der Waals surface area contributed by atoms with Crippen molar-refractivity contribution in [3.63, 3.8) is 0 Å². The average molecular weight is 313 g/mol. The standard InChI is InChI=1S/C17H24BN3O2/c1-11-15(12(2)21(7)20-11)13-8-14(10-19-9-13)18-22-16(3,4)17(5,6)23-18/h8-10H,1-7H3. The number of nitrogens with zero attached hydrogens (tertiary/aromatic N) is 3. The molecule has 0 spiro atoms. The number of aryl methyl sites for hydroxylation is 2. The molecule has 6 heteroatoms. The van der Waals surface area contributed by atoms with Gasteiger partial charge in [0.15, 0.2) is 0 Å². The maximum absolute atomic E-state index is 6.12. The lowest BCUT2D eigenvalue weighted by Crippen LogP contribution is -2.41. The van der Waals surface area contributed by atoms with Crippen molar-refractivity contribution in [3.05, 3.63) is 29.8 Å². The van der Waals surface area contributed by atoms with Gasteiger partial charge in [-0.15, -0.1) is 0 Å². The molecule has 1 fully saturated rings. The lowest BCUT2D eigenvalue weighted by atomic mass is 9.79. The molecule has 2 aromatic heterocycles. The minimum atomic E-state index is -0.398. The molecule has 0 aromatic carbocycles. The van der Waals surface area contributed by atoms with Crippen LogP contribution in [0.25, 0.3) is 11.1 Å². The summed E-state index contributed by atoms with van der Waals surface area (Å²) in [5, 5.41) is 4.49. The third-order valence-electron chi connectivity index (χ3n) is 5.08. The Morgan fingerprint density at radius 3 is 2.17 bits per heavy atom. The first-order valence-corrected chi connectivity index (χ1v) is 7.93. The number of aromatic nitrogens is 3. The zero-order chi connectivity index (χ0) is 17.0. The van der Waals surface area contributed by atoms with Gasteiger partial charge >= 0.3 is 7.12 Å². The molecule has 3 rings (SSSR count). The number of hydrogen-bond acceptors (Lipinski definition) is 4. The molecule has 5 nitrogen and oxygen atoms in total. The van der Waals surface area contributed by atoms with Crippen molar-refractivity contribution in [3.8, 4) is 11.1 Å². The molecule has 2 aromatic rings. The molecule has 0 N–H and O–H groups in total. The van der Waals surface area contributed by atoms with Gasteiger partial charge in [0, 0.05) is 41.7 Å². The highest BCUT2D eigenvalue weighted by molar-refractivity contribution is 6.62. The quantitative estimate of drug-likeness (QED) is 0.799. The highest BCUT2D eigenvalue weighted by Gasteiger charge is 2.51. The second kappa shape index (κ2) is 5.18. The van der Waals surface area contributed by atoms with E-state index < -0.39 is 7.12 Å². The third-order valence-corrected chi connectivity index (χ3v) is 5.08. The molecule has 1 aliphatic heterocycles. The van der Waals surface area contributed by atoms with Crippen LogP contribution in [-0.2, 0) is 16.4 Å². The molecule has 1 saturated heterocycles. The van der Waals surface area contributed by atoms with E-state index in [1.165, 1.54) is 0 Å². The van der Waals surface area contributed by atoms with E-state index in [0.29, 0.717) is 0 Å². The monoisotopic (exact) mass is 313 g/mol. The van der Waals surface area contributed by atoms with Gasteiger partial charge in [-0.2, -0.15) is 5.10 Å². The van der Waals surface area contributed by atoms with Crippen LogP contribution in [0, 0.1) is 13.8 Å². The second-order valence-corrected chi connectivity index (χ2v) is 7.26. The van der Waals surface area contributed by atoms with Crippen molar-refractivity contribution in [2.45, 2.75) is 52.7 Å². The Hall–Kier alpha value is -1.66. The summed E-state index contributed by atoms with van der Waals surface area (Å²) in [6, 6.07) is 2.09. The Labute approximate surface area is 138 Å². The normalized spacial score (nSPS) is 19.3. The van der Waals surface area contributed by atoms with Crippen molar-refractivity contribution in [1.29, 1.82) is 0 Å². The zero-order valence-corrected chi connectivity index (χ0v) is 15.0. The van der Waals surface area contributed by atoms with Gasteiger partial charge < -0.3 is 9.31 Å². The molecular formula is C17H24BN3O2. The Kier molecular flexibility index (Phi) is 3.65. The van der Waals surface area contributed by atoms with Crippen molar-refractivity contribution in [1.82, 2.24) is 14.8 Å². The average Bonchev–Trinajstić information content (AvgIpc) is 2.83. The number of rotatable bonds is 2. The van der Waals surface area contributed by atoms with Crippen molar-refractivity contribution in [2.24, 2.45) is 7.05 Å². The van der Waals surface area contributed by atoms with Crippen LogP contribution >= 0.6 is 0 Å². The van der Waals surface area contributed by atoms with Crippen LogP contribution in [0.1, 0.15) is 39.1 Å². The summed E-state index contributed by atoms with van der Waals surface area (Å²) in [4.78, 5) is 4.40. The van der Waals surface area contributed by atoms with E-state index in [0.717, 1.165) is 28.0 Å². The zero-order valence-electron chi connectivity index (χ0n) is 15.0. The highest BCUT2D eigenvalue weighted by Crippen LogP contribution is 2.36. The van der Waals surface area contributed by atoms with Gasteiger partial charge in [-0.3, -0.25) is 9.67 Å². The molecule has 122 valence electrons. The topological polar surface area (TPSA) is 49.2 Å². The summed E-state index contributed by atoms with van der Waals surface area (Å²) in [7, 11) is 1.56. The van der Waals surface area contributed by atoms with Crippen molar-refractivity contribution < 1.29 is 9.31 Å². The summed E-state index contributed by atoms with van der Waals surface area (Å²) in [6.45, 7) is 12.3. The molecule has 3 heterocycles. The third kappa shape index (κ3) is 2.60. The molecule has 0 aliphatic carbocycles. The first-order chi connectivity index (χ1) is 10.6. The van der Waals surface area contributed by atoms with Crippen LogP contribution in [-0.4, -0.2) is 33.1 Å². The Morgan fingerprint density at radius 1 is 1.04 bits per heavy atom. The molecule has 0 amide bonds. The molecule has 0 radical (unpaired) electrons. The van der Waals surface area contributed by atoms with Crippen LogP contribution in [0.4, 0.5) is 0 Å². The largest absolute Gasteiger partial charge is 0.496 e. The number of pyridine rings is 1. The summed E-state index contributed by atoms with van der Waals surface area (Å²) in [5.41, 5.74) is 4.51. The van der Waals surface area contributed by atoms with Gasteiger partial charge in [0.1, 0.15) is 0 Å². The van der Waals surface area contributed by atoms with Crippen LogP contribution in [0.2, 0.25) is 0 Å². The van der Waals surface area contributed by atoms with E-state index in [1.807, 2.05) is 31.0 Å². The van der Waals surface area contributed by atoms with Crippen LogP contribution < -0.4 is 5.46 Å². The lowest BCUT2D eigenvalue weighted by Gasteiger charge is -2.32. The molecule has 23 heavy (non-hydrogen) atoms. The second-order valence-electron chi connectivity index (χ2n) is 7.26. The minimum Gasteiger partial charge on any atom is -0.399 e. The molecular weight excluding hydrogens is 289 g/mol.